The monoisotopic (exact) mass is 537 g/mol. The van der Waals surface area contributed by atoms with Crippen LogP contribution in [0, 0.1) is 5.92 Å². The lowest BCUT2D eigenvalue weighted by molar-refractivity contribution is -0.128. The van der Waals surface area contributed by atoms with Crippen LogP contribution in [-0.4, -0.2) is 39.3 Å². The van der Waals surface area contributed by atoms with E-state index in [9.17, 15) is 14.4 Å². The van der Waals surface area contributed by atoms with Crippen molar-refractivity contribution < 1.29 is 19.1 Å². The van der Waals surface area contributed by atoms with Crippen molar-refractivity contribution in [1.82, 2.24) is 20.4 Å². The highest BCUT2D eigenvalue weighted by Gasteiger charge is 2.43. The third kappa shape index (κ3) is 6.99. The number of hydrogen-bond donors (Lipinski definition) is 3. The van der Waals surface area contributed by atoms with E-state index < -0.39 is 23.3 Å². The summed E-state index contributed by atoms with van der Waals surface area (Å²) in [4.78, 5) is 39.2. The van der Waals surface area contributed by atoms with Crippen molar-refractivity contribution in [3.05, 3.63) is 47.8 Å². The Labute approximate surface area is 231 Å². The van der Waals surface area contributed by atoms with Crippen LogP contribution in [0.2, 0.25) is 0 Å². The van der Waals surface area contributed by atoms with Gasteiger partial charge in [-0.25, -0.2) is 4.79 Å². The van der Waals surface area contributed by atoms with Gasteiger partial charge in [0, 0.05) is 17.9 Å². The van der Waals surface area contributed by atoms with Gasteiger partial charge in [0.25, 0.3) is 5.91 Å². The van der Waals surface area contributed by atoms with E-state index >= 15 is 0 Å². The number of anilines is 1. The molecule has 39 heavy (non-hydrogen) atoms. The fourth-order valence-corrected chi connectivity index (χ4v) is 5.60. The molecule has 1 aromatic heterocycles. The summed E-state index contributed by atoms with van der Waals surface area (Å²) in [6, 6.07) is 8.81. The number of rotatable bonds is 8. The van der Waals surface area contributed by atoms with Crippen LogP contribution in [0.15, 0.2) is 36.5 Å². The molecule has 2 aliphatic carbocycles. The molecule has 0 aliphatic heterocycles. The normalized spacial score (nSPS) is 18.1. The van der Waals surface area contributed by atoms with E-state index in [1.807, 2.05) is 58.9 Å². The summed E-state index contributed by atoms with van der Waals surface area (Å²) in [5.41, 5.74) is 1.04. The van der Waals surface area contributed by atoms with Crippen molar-refractivity contribution in [2.75, 3.05) is 5.32 Å². The lowest BCUT2D eigenvalue weighted by Crippen LogP contribution is -2.59. The molecule has 9 nitrogen and oxygen atoms in total. The van der Waals surface area contributed by atoms with Gasteiger partial charge in [0.05, 0.1) is 5.54 Å². The third-order valence-corrected chi connectivity index (χ3v) is 7.73. The minimum absolute atomic E-state index is 0.0763. The van der Waals surface area contributed by atoms with Gasteiger partial charge >= 0.3 is 6.09 Å². The minimum Gasteiger partial charge on any atom is -0.444 e. The van der Waals surface area contributed by atoms with Gasteiger partial charge in [-0.15, -0.1) is 0 Å². The molecular formula is C30H43N5O4. The van der Waals surface area contributed by atoms with E-state index in [2.05, 4.69) is 21.0 Å². The highest BCUT2D eigenvalue weighted by Crippen LogP contribution is 2.42. The molecule has 2 saturated carbocycles. The van der Waals surface area contributed by atoms with E-state index in [0.717, 1.165) is 56.9 Å². The topological polar surface area (TPSA) is 114 Å². The summed E-state index contributed by atoms with van der Waals surface area (Å²) < 4.78 is 7.18. The zero-order valence-corrected chi connectivity index (χ0v) is 23.9. The average Bonchev–Trinajstić information content (AvgIpc) is 3.35. The quantitative estimate of drug-likeness (QED) is 0.401. The zero-order valence-electron chi connectivity index (χ0n) is 23.9. The molecular weight excluding hydrogens is 494 g/mol. The molecule has 3 amide bonds. The van der Waals surface area contributed by atoms with Gasteiger partial charge in [-0.1, -0.05) is 31.4 Å². The van der Waals surface area contributed by atoms with Crippen molar-refractivity contribution >= 4 is 23.6 Å². The number of alkyl carbamates (subject to hydrolysis) is 1. The molecule has 1 heterocycles. The number of benzene rings is 1. The lowest BCUT2D eigenvalue weighted by atomic mass is 9.71. The predicted octanol–water partition coefficient (Wildman–Crippen LogP) is 5.69. The average molecular weight is 538 g/mol. The Hall–Kier alpha value is -3.36. The van der Waals surface area contributed by atoms with Crippen molar-refractivity contribution in [1.29, 1.82) is 0 Å². The Bertz CT molecular complexity index is 1150. The fraction of sp³-hybridized carbons (Fsp3) is 0.600. The van der Waals surface area contributed by atoms with Gasteiger partial charge in [0.15, 0.2) is 0 Å². The maximum atomic E-state index is 13.7. The maximum absolute atomic E-state index is 13.7. The lowest BCUT2D eigenvalue weighted by Gasteiger charge is -2.44. The predicted molar refractivity (Wildman–Crippen MR) is 150 cm³/mol. The summed E-state index contributed by atoms with van der Waals surface area (Å²) >= 11 is 0. The van der Waals surface area contributed by atoms with Crippen LogP contribution in [0.4, 0.5) is 10.5 Å². The van der Waals surface area contributed by atoms with Gasteiger partial charge in [-0.05, 0) is 96.4 Å². The highest BCUT2D eigenvalue weighted by atomic mass is 16.6. The van der Waals surface area contributed by atoms with Gasteiger partial charge in [-0.2, -0.15) is 5.10 Å². The van der Waals surface area contributed by atoms with Gasteiger partial charge < -0.3 is 20.7 Å². The van der Waals surface area contributed by atoms with Crippen LogP contribution in [0.25, 0.3) is 0 Å². The minimum atomic E-state index is -0.640. The Morgan fingerprint density at radius 3 is 2.23 bits per heavy atom. The first-order chi connectivity index (χ1) is 18.5. The molecule has 0 spiro atoms. The first-order valence-electron chi connectivity index (χ1n) is 14.2. The van der Waals surface area contributed by atoms with E-state index in [1.165, 1.54) is 0 Å². The summed E-state index contributed by atoms with van der Waals surface area (Å²) in [6.07, 6.45) is 8.80. The molecule has 0 bridgehead atoms. The number of nitrogens with zero attached hydrogens (tertiary/aromatic N) is 2. The van der Waals surface area contributed by atoms with E-state index in [1.54, 1.807) is 16.9 Å². The summed E-state index contributed by atoms with van der Waals surface area (Å²) in [5.74, 6) is -0.295. The van der Waals surface area contributed by atoms with Crippen LogP contribution < -0.4 is 16.0 Å². The van der Waals surface area contributed by atoms with Crippen molar-refractivity contribution in [2.45, 2.75) is 109 Å². The molecule has 4 rings (SSSR count). The molecule has 1 atom stereocenters. The van der Waals surface area contributed by atoms with Crippen molar-refractivity contribution in [3.8, 4) is 0 Å². The number of nitrogens with one attached hydrogen (secondary N) is 3. The second-order valence-electron chi connectivity index (χ2n) is 12.2. The molecule has 212 valence electrons. The SMILES string of the molecule is CC(C)n1nccc1C(=O)Nc1ccc(C2(NC(=O)[C@@H](NC(=O)OC(C)(C)C)C3CCCCC3)CCC2)cc1. The molecule has 2 fully saturated rings. The molecule has 9 heteroatoms. The summed E-state index contributed by atoms with van der Waals surface area (Å²) in [5, 5.41) is 13.4. The van der Waals surface area contributed by atoms with Gasteiger partial charge in [-0.3, -0.25) is 14.3 Å². The van der Waals surface area contributed by atoms with E-state index in [-0.39, 0.29) is 23.8 Å². The molecule has 3 N–H and O–H groups in total. The van der Waals surface area contributed by atoms with E-state index in [4.69, 9.17) is 4.74 Å². The first kappa shape index (κ1) is 28.6. The highest BCUT2D eigenvalue weighted by molar-refractivity contribution is 6.03. The van der Waals surface area contributed by atoms with Crippen molar-refractivity contribution in [2.24, 2.45) is 5.92 Å². The van der Waals surface area contributed by atoms with Gasteiger partial charge in [0.2, 0.25) is 5.91 Å². The van der Waals surface area contributed by atoms with E-state index in [0.29, 0.717) is 11.4 Å². The van der Waals surface area contributed by atoms with Crippen LogP contribution >= 0.6 is 0 Å². The third-order valence-electron chi connectivity index (χ3n) is 7.73. The number of amides is 3. The number of carbonyl (C=O) groups is 3. The number of aromatic nitrogens is 2. The Morgan fingerprint density at radius 2 is 1.67 bits per heavy atom. The van der Waals surface area contributed by atoms with Crippen LogP contribution in [-0.2, 0) is 15.1 Å². The summed E-state index contributed by atoms with van der Waals surface area (Å²) in [7, 11) is 0. The van der Waals surface area contributed by atoms with Gasteiger partial charge in [0.1, 0.15) is 17.3 Å². The van der Waals surface area contributed by atoms with Crippen LogP contribution in [0.1, 0.15) is 108 Å². The molecule has 2 aromatic rings. The smallest absolute Gasteiger partial charge is 0.408 e. The Morgan fingerprint density at radius 1 is 1.00 bits per heavy atom. The molecule has 0 radical (unpaired) electrons. The summed E-state index contributed by atoms with van der Waals surface area (Å²) in [6.45, 7) is 9.41. The zero-order chi connectivity index (χ0) is 28.2. The molecule has 2 aliphatic rings. The maximum Gasteiger partial charge on any atom is 0.408 e. The van der Waals surface area contributed by atoms with Crippen LogP contribution in [0.3, 0.4) is 0 Å². The fourth-order valence-electron chi connectivity index (χ4n) is 5.60. The second-order valence-corrected chi connectivity index (χ2v) is 12.2. The Kier molecular flexibility index (Phi) is 8.67. The molecule has 1 aromatic carbocycles. The Balaban J connectivity index is 1.46. The number of ether oxygens (including phenoxy) is 1. The van der Waals surface area contributed by atoms with Crippen molar-refractivity contribution in [3.63, 3.8) is 0 Å². The molecule has 0 saturated heterocycles. The largest absolute Gasteiger partial charge is 0.444 e. The number of carbonyl (C=O) groups excluding carboxylic acids is 3. The van der Waals surface area contributed by atoms with Crippen LogP contribution in [0.5, 0.6) is 0 Å². The number of hydrogen-bond acceptors (Lipinski definition) is 5. The standard InChI is InChI=1S/C30H43N5O4/c1-20(2)35-24(16-19-31-35)26(36)32-23-14-12-22(13-15-23)30(17-9-18-30)34-27(37)25(21-10-7-6-8-11-21)33-28(38)39-29(3,4)5/h12-16,19-21,25H,6-11,17-18H2,1-5H3,(H,32,36)(H,33,38)(H,34,37)/t25-/m0/s1. The molecule has 0 unspecified atom stereocenters. The first-order valence-corrected chi connectivity index (χ1v) is 14.2. The second kappa shape index (κ2) is 11.8.